The van der Waals surface area contributed by atoms with Crippen LogP contribution in [0.5, 0.6) is 0 Å². The Bertz CT molecular complexity index is 2510. The summed E-state index contributed by atoms with van der Waals surface area (Å²) in [5, 5.41) is 7.13. The van der Waals surface area contributed by atoms with Gasteiger partial charge in [0.05, 0.1) is 33.5 Å². The molecule has 43 heavy (non-hydrogen) atoms. The van der Waals surface area contributed by atoms with E-state index in [2.05, 4.69) is 150 Å². The summed E-state index contributed by atoms with van der Waals surface area (Å²) < 4.78 is 2.42. The van der Waals surface area contributed by atoms with Crippen LogP contribution in [-0.2, 0) is 0 Å². The molecule has 0 amide bonds. The average Bonchev–Trinajstić information content (AvgIpc) is 3.42. The molecule has 200 valence electrons. The fraction of sp³-hybridized carbons (Fsp3) is 0. The number of hydrogen-bond acceptors (Lipinski definition) is 2. The third-order valence-corrected chi connectivity index (χ3v) is 8.54. The van der Waals surface area contributed by atoms with Crippen LogP contribution >= 0.6 is 0 Å². The molecule has 0 aliphatic heterocycles. The third-order valence-electron chi connectivity index (χ3n) is 8.54. The van der Waals surface area contributed by atoms with Crippen LogP contribution in [0.2, 0.25) is 0 Å². The van der Waals surface area contributed by atoms with Gasteiger partial charge < -0.3 is 4.57 Å². The van der Waals surface area contributed by atoms with Gasteiger partial charge in [-0.15, -0.1) is 0 Å². The van der Waals surface area contributed by atoms with E-state index in [9.17, 15) is 0 Å². The van der Waals surface area contributed by atoms with Crippen LogP contribution in [0.25, 0.3) is 82.6 Å². The number of nitrogens with zero attached hydrogens (tertiary/aromatic N) is 3. The molecule has 0 radical (unpaired) electrons. The molecule has 0 aliphatic carbocycles. The van der Waals surface area contributed by atoms with Gasteiger partial charge in [0, 0.05) is 49.1 Å². The second-order valence-electron chi connectivity index (χ2n) is 11.0. The highest BCUT2D eigenvalue weighted by Gasteiger charge is 2.19. The van der Waals surface area contributed by atoms with E-state index in [1.807, 2.05) is 6.07 Å². The molecule has 0 bridgehead atoms. The van der Waals surface area contributed by atoms with E-state index in [-0.39, 0.29) is 0 Å². The fourth-order valence-electron chi connectivity index (χ4n) is 6.61. The lowest BCUT2D eigenvalue weighted by atomic mass is 9.96. The van der Waals surface area contributed by atoms with E-state index in [0.717, 1.165) is 55.4 Å². The molecule has 9 rings (SSSR count). The van der Waals surface area contributed by atoms with Gasteiger partial charge in [-0.3, -0.25) is 0 Å². The first-order valence-electron chi connectivity index (χ1n) is 14.6. The molecule has 0 atom stereocenters. The van der Waals surface area contributed by atoms with E-state index < -0.39 is 0 Å². The molecule has 3 aromatic heterocycles. The van der Waals surface area contributed by atoms with Crippen LogP contribution in [0.1, 0.15) is 0 Å². The third kappa shape index (κ3) is 3.68. The number of hydrogen-bond donors (Lipinski definition) is 0. The Kier molecular flexibility index (Phi) is 5.20. The molecule has 3 heterocycles. The van der Waals surface area contributed by atoms with E-state index in [1.54, 1.807) is 0 Å². The molecule has 6 aromatic carbocycles. The highest BCUT2D eigenvalue weighted by Crippen LogP contribution is 2.42. The van der Waals surface area contributed by atoms with Crippen LogP contribution in [0.3, 0.4) is 0 Å². The Morgan fingerprint density at radius 3 is 2.07 bits per heavy atom. The number of para-hydroxylation sites is 4. The van der Waals surface area contributed by atoms with Gasteiger partial charge in [-0.2, -0.15) is 0 Å². The van der Waals surface area contributed by atoms with Crippen LogP contribution in [0.4, 0.5) is 0 Å². The molecule has 0 saturated carbocycles. The summed E-state index contributed by atoms with van der Waals surface area (Å²) >= 11 is 0. The summed E-state index contributed by atoms with van der Waals surface area (Å²) in [6, 6.07) is 53.6. The van der Waals surface area contributed by atoms with Crippen LogP contribution in [0, 0.1) is 0 Å². The molecule has 3 heteroatoms. The maximum Gasteiger partial charge on any atom is 0.0789 e. The highest BCUT2D eigenvalue weighted by atomic mass is 15.0. The minimum absolute atomic E-state index is 0.956. The normalized spacial score (nSPS) is 11.7. The van der Waals surface area contributed by atoms with Crippen molar-refractivity contribution in [1.82, 2.24) is 14.5 Å². The van der Waals surface area contributed by atoms with Crippen LogP contribution in [-0.4, -0.2) is 14.5 Å². The first-order chi connectivity index (χ1) is 21.3. The first-order valence-corrected chi connectivity index (χ1v) is 14.6. The topological polar surface area (TPSA) is 30.7 Å². The summed E-state index contributed by atoms with van der Waals surface area (Å²) in [6.45, 7) is 0. The Labute approximate surface area is 248 Å². The summed E-state index contributed by atoms with van der Waals surface area (Å²) in [6.07, 6.45) is 0. The molecular formula is C40H25N3. The quantitative estimate of drug-likeness (QED) is 0.206. The SMILES string of the molecule is c1ccc(-n2c3ccccc3c3ccc4c(-c5cccc(-c6ccc7ccccc7n6)c5)nc5ccccc5c4c32)cc1. The summed E-state index contributed by atoms with van der Waals surface area (Å²) in [5.41, 5.74) is 9.61. The monoisotopic (exact) mass is 547 g/mol. The summed E-state index contributed by atoms with van der Waals surface area (Å²) in [7, 11) is 0. The van der Waals surface area contributed by atoms with Crippen molar-refractivity contribution in [2.45, 2.75) is 0 Å². The van der Waals surface area contributed by atoms with E-state index in [1.165, 1.54) is 27.2 Å². The smallest absolute Gasteiger partial charge is 0.0789 e. The maximum absolute atomic E-state index is 5.29. The van der Waals surface area contributed by atoms with Crippen LogP contribution < -0.4 is 0 Å². The van der Waals surface area contributed by atoms with Gasteiger partial charge in [0.25, 0.3) is 0 Å². The average molecular weight is 548 g/mol. The number of benzene rings is 6. The van der Waals surface area contributed by atoms with Gasteiger partial charge in [-0.1, -0.05) is 109 Å². The van der Waals surface area contributed by atoms with E-state index >= 15 is 0 Å². The van der Waals surface area contributed by atoms with Gasteiger partial charge >= 0.3 is 0 Å². The lowest BCUT2D eigenvalue weighted by Gasteiger charge is -2.15. The molecule has 0 aliphatic rings. The second kappa shape index (κ2) is 9.37. The second-order valence-corrected chi connectivity index (χ2v) is 11.0. The van der Waals surface area contributed by atoms with E-state index in [0.29, 0.717) is 0 Å². The molecule has 9 aromatic rings. The van der Waals surface area contributed by atoms with Crippen molar-refractivity contribution < 1.29 is 0 Å². The predicted molar refractivity (Wildman–Crippen MR) is 180 cm³/mol. The lowest BCUT2D eigenvalue weighted by molar-refractivity contribution is 1.19. The van der Waals surface area contributed by atoms with Crippen molar-refractivity contribution in [3.8, 4) is 28.2 Å². The number of fused-ring (bicyclic) bond motifs is 8. The lowest BCUT2D eigenvalue weighted by Crippen LogP contribution is -1.96. The number of rotatable bonds is 3. The predicted octanol–water partition coefficient (Wildman–Crippen LogP) is 10.4. The van der Waals surface area contributed by atoms with Gasteiger partial charge in [-0.25, -0.2) is 9.97 Å². The molecule has 0 unspecified atom stereocenters. The van der Waals surface area contributed by atoms with Gasteiger partial charge in [0.15, 0.2) is 0 Å². The minimum atomic E-state index is 0.956. The molecule has 0 saturated heterocycles. The molecule has 0 N–H and O–H groups in total. The number of pyridine rings is 2. The van der Waals surface area contributed by atoms with E-state index in [4.69, 9.17) is 9.97 Å². The molecule has 0 spiro atoms. The Balaban J connectivity index is 1.38. The molecular weight excluding hydrogens is 522 g/mol. The zero-order chi connectivity index (χ0) is 28.3. The largest absolute Gasteiger partial charge is 0.309 e. The molecule has 0 fully saturated rings. The zero-order valence-corrected chi connectivity index (χ0v) is 23.3. The Morgan fingerprint density at radius 2 is 1.16 bits per heavy atom. The standard InChI is InChI=1S/C40H25N3/c1-2-14-29(15-3-1)43-37-20-9-6-16-30(37)31-22-23-33-38(40(31)43)32-17-5-8-19-36(32)42-39(33)28-13-10-12-27(25-28)35-24-21-26-11-4-7-18-34(26)41-35/h1-25H. The van der Waals surface area contributed by atoms with Crippen molar-refractivity contribution in [3.05, 3.63) is 152 Å². The minimum Gasteiger partial charge on any atom is -0.309 e. The van der Waals surface area contributed by atoms with Gasteiger partial charge in [0.2, 0.25) is 0 Å². The molecule has 3 nitrogen and oxygen atoms in total. The fourth-order valence-corrected chi connectivity index (χ4v) is 6.61. The van der Waals surface area contributed by atoms with Crippen molar-refractivity contribution in [2.75, 3.05) is 0 Å². The summed E-state index contributed by atoms with van der Waals surface area (Å²) in [4.78, 5) is 10.3. The number of aromatic nitrogens is 3. The highest BCUT2D eigenvalue weighted by molar-refractivity contribution is 6.26. The van der Waals surface area contributed by atoms with Gasteiger partial charge in [0.1, 0.15) is 0 Å². The van der Waals surface area contributed by atoms with Crippen molar-refractivity contribution in [2.24, 2.45) is 0 Å². The van der Waals surface area contributed by atoms with Crippen LogP contribution in [0.15, 0.2) is 152 Å². The zero-order valence-electron chi connectivity index (χ0n) is 23.3. The first kappa shape index (κ1) is 23.9. The van der Waals surface area contributed by atoms with Crippen molar-refractivity contribution in [1.29, 1.82) is 0 Å². The Morgan fingerprint density at radius 1 is 0.442 bits per heavy atom. The summed E-state index contributed by atoms with van der Waals surface area (Å²) in [5.74, 6) is 0. The van der Waals surface area contributed by atoms with Crippen molar-refractivity contribution in [3.63, 3.8) is 0 Å². The Hall–Kier alpha value is -5.80. The van der Waals surface area contributed by atoms with Gasteiger partial charge in [-0.05, 0) is 42.5 Å². The maximum atomic E-state index is 5.29. The van der Waals surface area contributed by atoms with Crippen molar-refractivity contribution >= 4 is 54.4 Å².